The average Bonchev–Trinajstić information content (AvgIpc) is 2.24. The maximum Gasteiger partial charge on any atom is 0.422 e. The number of ether oxygens (including phenoxy) is 1. The Morgan fingerprint density at radius 3 is 2.76 bits per heavy atom. The number of fused-ring (bicyclic) bond motifs is 1. The first-order valence-corrected chi connectivity index (χ1v) is 5.07. The molecule has 0 atom stereocenters. The van der Waals surface area contributed by atoms with Crippen molar-refractivity contribution < 1.29 is 17.9 Å². The predicted octanol–water partition coefficient (Wildman–Crippen LogP) is 3.83. The maximum absolute atomic E-state index is 12.1. The molecule has 90 valence electrons. The molecule has 2 rings (SSSR count). The van der Waals surface area contributed by atoms with E-state index in [4.69, 9.17) is 16.3 Å². The molecule has 1 aromatic heterocycles. The zero-order valence-electron chi connectivity index (χ0n) is 8.46. The summed E-state index contributed by atoms with van der Waals surface area (Å²) in [4.78, 5) is 4.00. The molecular formula is C11H7ClF3NO. The van der Waals surface area contributed by atoms with Gasteiger partial charge in [0.1, 0.15) is 5.75 Å². The summed E-state index contributed by atoms with van der Waals surface area (Å²) in [6.45, 7) is -1.35. The van der Waals surface area contributed by atoms with Crippen molar-refractivity contribution in [3.8, 4) is 5.75 Å². The van der Waals surface area contributed by atoms with E-state index in [0.717, 1.165) is 0 Å². The molecule has 0 fully saturated rings. The van der Waals surface area contributed by atoms with E-state index in [1.54, 1.807) is 18.2 Å². The van der Waals surface area contributed by atoms with Gasteiger partial charge in [-0.2, -0.15) is 13.2 Å². The van der Waals surface area contributed by atoms with E-state index in [0.29, 0.717) is 10.9 Å². The van der Waals surface area contributed by atoms with E-state index in [1.807, 2.05) is 0 Å². The van der Waals surface area contributed by atoms with Gasteiger partial charge < -0.3 is 4.74 Å². The highest BCUT2D eigenvalue weighted by Crippen LogP contribution is 2.29. The first-order chi connectivity index (χ1) is 7.96. The first-order valence-electron chi connectivity index (χ1n) is 4.69. The normalized spacial score (nSPS) is 11.8. The molecule has 2 nitrogen and oxygen atoms in total. The van der Waals surface area contributed by atoms with Gasteiger partial charge in [0, 0.05) is 16.6 Å². The number of halogens is 4. The van der Waals surface area contributed by atoms with Gasteiger partial charge >= 0.3 is 6.18 Å². The van der Waals surface area contributed by atoms with Gasteiger partial charge in [-0.15, -0.1) is 0 Å². The van der Waals surface area contributed by atoms with Crippen LogP contribution in [0, 0.1) is 0 Å². The highest BCUT2D eigenvalue weighted by atomic mass is 35.5. The van der Waals surface area contributed by atoms with Crippen LogP contribution in [-0.2, 0) is 0 Å². The molecule has 1 heterocycles. The molecule has 0 spiro atoms. The van der Waals surface area contributed by atoms with Gasteiger partial charge in [-0.25, -0.2) is 0 Å². The molecule has 0 aliphatic heterocycles. The number of aromatic nitrogens is 1. The van der Waals surface area contributed by atoms with Crippen molar-refractivity contribution in [1.29, 1.82) is 0 Å². The molecule has 0 aliphatic rings. The van der Waals surface area contributed by atoms with Crippen LogP contribution >= 0.6 is 11.6 Å². The van der Waals surface area contributed by atoms with Gasteiger partial charge in [0.05, 0.1) is 5.52 Å². The molecule has 0 N–H and O–H groups in total. The smallest absolute Gasteiger partial charge is 0.422 e. The molecule has 0 radical (unpaired) electrons. The van der Waals surface area contributed by atoms with Gasteiger partial charge in [-0.05, 0) is 24.3 Å². The minimum absolute atomic E-state index is 0.0814. The summed E-state index contributed by atoms with van der Waals surface area (Å²) in [6, 6.07) is 6.16. The summed E-state index contributed by atoms with van der Waals surface area (Å²) in [7, 11) is 0. The second kappa shape index (κ2) is 4.41. The zero-order chi connectivity index (χ0) is 12.5. The van der Waals surface area contributed by atoms with Crippen LogP contribution in [0.25, 0.3) is 10.9 Å². The highest BCUT2D eigenvalue weighted by Gasteiger charge is 2.28. The second-order valence-electron chi connectivity index (χ2n) is 3.38. The Morgan fingerprint density at radius 2 is 2.06 bits per heavy atom. The van der Waals surface area contributed by atoms with E-state index in [9.17, 15) is 13.2 Å². The average molecular weight is 262 g/mol. The summed E-state index contributed by atoms with van der Waals surface area (Å²) in [5.41, 5.74) is 0.497. The van der Waals surface area contributed by atoms with Gasteiger partial charge in [0.25, 0.3) is 0 Å². The minimum Gasteiger partial charge on any atom is -0.483 e. The zero-order valence-corrected chi connectivity index (χ0v) is 9.22. The van der Waals surface area contributed by atoms with Crippen LogP contribution in [0.15, 0.2) is 30.5 Å². The summed E-state index contributed by atoms with van der Waals surface area (Å²) in [5.74, 6) is 0.0814. The molecule has 0 saturated heterocycles. The lowest BCUT2D eigenvalue weighted by molar-refractivity contribution is -0.153. The highest BCUT2D eigenvalue weighted by molar-refractivity contribution is 6.31. The van der Waals surface area contributed by atoms with Crippen LogP contribution in [-0.4, -0.2) is 17.8 Å². The van der Waals surface area contributed by atoms with Gasteiger partial charge in [0.15, 0.2) is 6.61 Å². The fourth-order valence-electron chi connectivity index (χ4n) is 1.40. The van der Waals surface area contributed by atoms with Gasteiger partial charge in [0.2, 0.25) is 0 Å². The van der Waals surface area contributed by atoms with Crippen LogP contribution < -0.4 is 4.74 Å². The Bertz CT molecular complexity index is 542. The number of hydrogen-bond donors (Lipinski definition) is 0. The Balaban J connectivity index is 2.39. The van der Waals surface area contributed by atoms with E-state index >= 15 is 0 Å². The molecule has 0 bridgehead atoms. The first kappa shape index (κ1) is 12.0. The fourth-order valence-corrected chi connectivity index (χ4v) is 1.60. The molecule has 2 aromatic rings. The quantitative estimate of drug-likeness (QED) is 0.820. The summed E-state index contributed by atoms with van der Waals surface area (Å²) in [6.07, 6.45) is -2.84. The lowest BCUT2D eigenvalue weighted by Gasteiger charge is -2.11. The lowest BCUT2D eigenvalue weighted by atomic mass is 10.2. The number of hydrogen-bond acceptors (Lipinski definition) is 2. The molecule has 0 saturated carbocycles. The van der Waals surface area contributed by atoms with Crippen LogP contribution in [0.1, 0.15) is 0 Å². The monoisotopic (exact) mass is 261 g/mol. The third-order valence-corrected chi connectivity index (χ3v) is 2.26. The van der Waals surface area contributed by atoms with E-state index in [2.05, 4.69) is 4.98 Å². The van der Waals surface area contributed by atoms with Crippen molar-refractivity contribution in [3.05, 3.63) is 35.5 Å². The Kier molecular flexibility index (Phi) is 3.11. The molecular weight excluding hydrogens is 255 g/mol. The van der Waals surface area contributed by atoms with Crippen molar-refractivity contribution >= 4 is 22.5 Å². The molecule has 1 aromatic carbocycles. The Morgan fingerprint density at radius 1 is 1.29 bits per heavy atom. The summed E-state index contributed by atoms with van der Waals surface area (Å²) < 4.78 is 40.9. The Labute approximate surface area is 100.0 Å². The molecule has 0 aliphatic carbocycles. The van der Waals surface area contributed by atoms with E-state index < -0.39 is 12.8 Å². The predicted molar refractivity (Wildman–Crippen MR) is 58.3 cm³/mol. The number of pyridine rings is 1. The Hall–Kier alpha value is -1.49. The number of rotatable bonds is 2. The fraction of sp³-hybridized carbons (Fsp3) is 0.182. The van der Waals surface area contributed by atoms with Crippen LogP contribution in [0.5, 0.6) is 5.75 Å². The topological polar surface area (TPSA) is 22.1 Å². The molecule has 17 heavy (non-hydrogen) atoms. The molecule has 0 amide bonds. The molecule has 0 unspecified atom stereocenters. The largest absolute Gasteiger partial charge is 0.483 e. The van der Waals surface area contributed by atoms with Gasteiger partial charge in [-0.1, -0.05) is 11.6 Å². The minimum atomic E-state index is -4.38. The summed E-state index contributed by atoms with van der Waals surface area (Å²) >= 11 is 5.77. The van der Waals surface area contributed by atoms with E-state index in [1.165, 1.54) is 12.3 Å². The number of alkyl halides is 3. The van der Waals surface area contributed by atoms with Crippen molar-refractivity contribution in [2.24, 2.45) is 0 Å². The van der Waals surface area contributed by atoms with Crippen molar-refractivity contribution in [1.82, 2.24) is 4.98 Å². The standard InChI is InChI=1S/C11H7ClF3NO/c12-7-4-9-8(2-1-3-16-9)10(5-7)17-6-11(13,14)15/h1-5H,6H2. The maximum atomic E-state index is 12.1. The van der Waals surface area contributed by atoms with E-state index in [-0.39, 0.29) is 10.8 Å². The van der Waals surface area contributed by atoms with Crippen LogP contribution in [0.2, 0.25) is 5.02 Å². The third-order valence-electron chi connectivity index (χ3n) is 2.04. The third kappa shape index (κ3) is 3.00. The van der Waals surface area contributed by atoms with Gasteiger partial charge in [-0.3, -0.25) is 4.98 Å². The number of nitrogens with zero attached hydrogens (tertiary/aromatic N) is 1. The molecule has 6 heteroatoms. The van der Waals surface area contributed by atoms with Crippen LogP contribution in [0.3, 0.4) is 0 Å². The van der Waals surface area contributed by atoms with Crippen LogP contribution in [0.4, 0.5) is 13.2 Å². The second-order valence-corrected chi connectivity index (χ2v) is 3.81. The number of benzene rings is 1. The van der Waals surface area contributed by atoms with Crippen molar-refractivity contribution in [2.75, 3.05) is 6.61 Å². The van der Waals surface area contributed by atoms with Crippen molar-refractivity contribution in [3.63, 3.8) is 0 Å². The lowest BCUT2D eigenvalue weighted by Crippen LogP contribution is -2.19. The van der Waals surface area contributed by atoms with Crippen molar-refractivity contribution in [2.45, 2.75) is 6.18 Å². The summed E-state index contributed by atoms with van der Waals surface area (Å²) in [5, 5.41) is 0.787. The SMILES string of the molecule is FC(F)(F)COc1cc(Cl)cc2ncccc12.